The largest absolute Gasteiger partial charge is 0.573 e. The summed E-state index contributed by atoms with van der Waals surface area (Å²) in [5, 5.41) is 0. The Bertz CT molecular complexity index is 859. The lowest BCUT2D eigenvalue weighted by Crippen LogP contribution is -2.17. The summed E-state index contributed by atoms with van der Waals surface area (Å²) in [6.07, 6.45) is -4.73. The summed E-state index contributed by atoms with van der Waals surface area (Å²) in [4.78, 5) is 4.45. The second-order valence-corrected chi connectivity index (χ2v) is 5.29. The molecule has 1 aromatic heterocycles. The molecule has 0 unspecified atom stereocenters. The van der Waals surface area contributed by atoms with Gasteiger partial charge in [-0.2, -0.15) is 0 Å². The van der Waals surface area contributed by atoms with E-state index in [1.54, 1.807) is 30.3 Å². The van der Waals surface area contributed by atoms with E-state index in [4.69, 9.17) is 0 Å². The predicted octanol–water partition coefficient (Wildman–Crippen LogP) is 5.62. The molecule has 0 bridgehead atoms. The van der Waals surface area contributed by atoms with Gasteiger partial charge in [0.25, 0.3) is 0 Å². The zero-order valence-corrected chi connectivity index (χ0v) is 12.8. The van der Waals surface area contributed by atoms with Crippen LogP contribution in [-0.2, 0) is 0 Å². The molecule has 122 valence electrons. The molecule has 24 heavy (non-hydrogen) atoms. The van der Waals surface area contributed by atoms with Crippen LogP contribution in [0.25, 0.3) is 22.4 Å². The molecule has 0 fully saturated rings. The summed E-state index contributed by atoms with van der Waals surface area (Å²) in [7, 11) is 0. The number of aromatic nitrogens is 1. The predicted molar refractivity (Wildman–Crippen MR) is 86.5 cm³/mol. The Kier molecular flexibility index (Phi) is 4.25. The van der Waals surface area contributed by atoms with Gasteiger partial charge in [0.05, 0.1) is 5.69 Å². The van der Waals surface area contributed by atoms with Crippen molar-refractivity contribution in [2.75, 3.05) is 0 Å². The summed E-state index contributed by atoms with van der Waals surface area (Å²) in [6, 6.07) is 19.0. The number of hydrogen-bond donors (Lipinski definition) is 0. The van der Waals surface area contributed by atoms with E-state index in [9.17, 15) is 13.2 Å². The number of halogens is 3. The molecular formula is C19H14F3NO. The third-order valence-electron chi connectivity index (χ3n) is 3.47. The van der Waals surface area contributed by atoms with Crippen LogP contribution < -0.4 is 4.74 Å². The van der Waals surface area contributed by atoms with Gasteiger partial charge >= 0.3 is 6.36 Å². The fourth-order valence-electron chi connectivity index (χ4n) is 2.47. The van der Waals surface area contributed by atoms with Gasteiger partial charge in [-0.05, 0) is 36.8 Å². The van der Waals surface area contributed by atoms with E-state index in [1.807, 2.05) is 31.2 Å². The van der Waals surface area contributed by atoms with E-state index in [1.165, 1.54) is 12.1 Å². The summed E-state index contributed by atoms with van der Waals surface area (Å²) >= 11 is 0. The summed E-state index contributed by atoms with van der Waals surface area (Å²) < 4.78 is 41.9. The first-order chi connectivity index (χ1) is 11.4. The number of rotatable bonds is 3. The first-order valence-corrected chi connectivity index (χ1v) is 7.32. The van der Waals surface area contributed by atoms with Crippen LogP contribution in [-0.4, -0.2) is 11.3 Å². The van der Waals surface area contributed by atoms with Crippen molar-refractivity contribution in [1.29, 1.82) is 0 Å². The Hall–Kier alpha value is -2.82. The fourth-order valence-corrected chi connectivity index (χ4v) is 2.47. The molecule has 2 aromatic carbocycles. The molecule has 0 aliphatic heterocycles. The number of aryl methyl sites for hydroxylation is 1. The van der Waals surface area contributed by atoms with Crippen molar-refractivity contribution in [1.82, 2.24) is 4.98 Å². The first kappa shape index (κ1) is 16.1. The molecule has 0 radical (unpaired) electrons. The highest BCUT2D eigenvalue weighted by Gasteiger charge is 2.32. The van der Waals surface area contributed by atoms with Crippen LogP contribution in [0.3, 0.4) is 0 Å². The van der Waals surface area contributed by atoms with Gasteiger partial charge < -0.3 is 4.74 Å². The molecule has 0 spiro atoms. The van der Waals surface area contributed by atoms with E-state index in [0.717, 1.165) is 17.0 Å². The second-order valence-electron chi connectivity index (χ2n) is 5.29. The van der Waals surface area contributed by atoms with Crippen LogP contribution in [0.2, 0.25) is 0 Å². The van der Waals surface area contributed by atoms with Gasteiger partial charge in [0.15, 0.2) is 0 Å². The lowest BCUT2D eigenvalue weighted by atomic mass is 10.0. The first-order valence-electron chi connectivity index (χ1n) is 7.32. The molecule has 2 nitrogen and oxygen atoms in total. The van der Waals surface area contributed by atoms with E-state index >= 15 is 0 Å². The van der Waals surface area contributed by atoms with E-state index < -0.39 is 6.36 Å². The molecule has 1 heterocycles. The summed E-state index contributed by atoms with van der Waals surface area (Å²) in [6.45, 7) is 1.89. The Balaban J connectivity index is 2.04. The Morgan fingerprint density at radius 3 is 2.29 bits per heavy atom. The van der Waals surface area contributed by atoms with Crippen molar-refractivity contribution >= 4 is 0 Å². The number of pyridine rings is 1. The molecule has 0 saturated carbocycles. The van der Waals surface area contributed by atoms with Gasteiger partial charge in [0, 0.05) is 16.8 Å². The lowest BCUT2D eigenvalue weighted by Gasteiger charge is -2.14. The number of para-hydroxylation sites is 1. The van der Waals surface area contributed by atoms with Crippen molar-refractivity contribution < 1.29 is 17.9 Å². The van der Waals surface area contributed by atoms with Crippen molar-refractivity contribution in [3.05, 3.63) is 72.4 Å². The molecule has 0 aliphatic carbocycles. The van der Waals surface area contributed by atoms with Gasteiger partial charge in [-0.25, -0.2) is 0 Å². The highest BCUT2D eigenvalue weighted by Crippen LogP contribution is 2.35. The second kappa shape index (κ2) is 6.35. The highest BCUT2D eigenvalue weighted by atomic mass is 19.4. The van der Waals surface area contributed by atoms with Crippen LogP contribution in [0.5, 0.6) is 5.75 Å². The van der Waals surface area contributed by atoms with Crippen molar-refractivity contribution in [3.8, 4) is 28.1 Å². The van der Waals surface area contributed by atoms with Crippen molar-refractivity contribution in [3.63, 3.8) is 0 Å². The molecule has 0 amide bonds. The number of hydrogen-bond acceptors (Lipinski definition) is 2. The van der Waals surface area contributed by atoms with Crippen molar-refractivity contribution in [2.24, 2.45) is 0 Å². The molecule has 3 rings (SSSR count). The van der Waals surface area contributed by atoms with Crippen molar-refractivity contribution in [2.45, 2.75) is 13.3 Å². The average Bonchev–Trinajstić information content (AvgIpc) is 2.54. The monoisotopic (exact) mass is 329 g/mol. The zero-order valence-electron chi connectivity index (χ0n) is 12.8. The maximum atomic E-state index is 12.6. The zero-order chi connectivity index (χ0) is 17.2. The van der Waals surface area contributed by atoms with Crippen LogP contribution >= 0.6 is 0 Å². The fraction of sp³-hybridized carbons (Fsp3) is 0.105. The lowest BCUT2D eigenvalue weighted by molar-refractivity contribution is -0.274. The summed E-state index contributed by atoms with van der Waals surface area (Å²) in [5.41, 5.74) is 3.49. The average molecular weight is 329 g/mol. The molecule has 0 atom stereocenters. The Morgan fingerprint density at radius 1 is 0.833 bits per heavy atom. The number of benzene rings is 2. The number of alkyl halides is 3. The molecule has 0 aliphatic rings. The van der Waals surface area contributed by atoms with Gasteiger partial charge in [-0.15, -0.1) is 13.2 Å². The minimum absolute atomic E-state index is 0.223. The number of ether oxygens (including phenoxy) is 1. The minimum atomic E-state index is -4.73. The highest BCUT2D eigenvalue weighted by molar-refractivity contribution is 5.75. The van der Waals surface area contributed by atoms with Crippen LogP contribution in [0.1, 0.15) is 5.69 Å². The number of nitrogens with zero attached hydrogens (tertiary/aromatic N) is 1. The Labute approximate surface area is 137 Å². The van der Waals surface area contributed by atoms with Crippen LogP contribution in [0.15, 0.2) is 66.7 Å². The third kappa shape index (κ3) is 3.74. The third-order valence-corrected chi connectivity index (χ3v) is 3.47. The van der Waals surface area contributed by atoms with Crippen LogP contribution in [0, 0.1) is 6.92 Å². The van der Waals surface area contributed by atoms with E-state index in [2.05, 4.69) is 9.72 Å². The SMILES string of the molecule is Cc1cccc(-c2cccc(-c3ccccc3OC(F)(F)F)c2)n1. The quantitative estimate of drug-likeness (QED) is 0.622. The van der Waals surface area contributed by atoms with Gasteiger partial charge in [-0.3, -0.25) is 4.98 Å². The summed E-state index contributed by atoms with van der Waals surface area (Å²) in [5.74, 6) is -0.223. The van der Waals surface area contributed by atoms with Gasteiger partial charge in [-0.1, -0.05) is 42.5 Å². The normalized spacial score (nSPS) is 11.3. The molecule has 0 N–H and O–H groups in total. The molecule has 3 aromatic rings. The van der Waals surface area contributed by atoms with Crippen LogP contribution in [0.4, 0.5) is 13.2 Å². The smallest absolute Gasteiger partial charge is 0.405 e. The molecule has 5 heteroatoms. The Morgan fingerprint density at radius 2 is 1.54 bits per heavy atom. The van der Waals surface area contributed by atoms with Gasteiger partial charge in [0.2, 0.25) is 0 Å². The standard InChI is InChI=1S/C19H14F3NO/c1-13-6-4-10-17(23-13)15-8-5-7-14(12-15)16-9-2-3-11-18(16)24-19(20,21)22/h2-12H,1H3. The minimum Gasteiger partial charge on any atom is -0.405 e. The van der Waals surface area contributed by atoms with E-state index in [0.29, 0.717) is 11.1 Å². The van der Waals surface area contributed by atoms with Gasteiger partial charge in [0.1, 0.15) is 5.75 Å². The molecule has 0 saturated heterocycles. The molecular weight excluding hydrogens is 315 g/mol. The topological polar surface area (TPSA) is 22.1 Å². The maximum Gasteiger partial charge on any atom is 0.573 e. The van der Waals surface area contributed by atoms with E-state index in [-0.39, 0.29) is 5.75 Å². The maximum absolute atomic E-state index is 12.6.